The molecule has 108 valence electrons. The molecule has 1 aliphatic heterocycles. The molecule has 4 nitrogen and oxygen atoms in total. The van der Waals surface area contributed by atoms with Crippen LogP contribution in [0.3, 0.4) is 0 Å². The number of hydrogen-bond acceptors (Lipinski definition) is 3. The van der Waals surface area contributed by atoms with Gasteiger partial charge in [-0.25, -0.2) is 4.98 Å². The second-order valence-electron chi connectivity index (χ2n) is 5.66. The molecule has 0 bridgehead atoms. The molecular weight excluding hydrogens is 262 g/mol. The van der Waals surface area contributed by atoms with Crippen LogP contribution in [0.5, 0.6) is 0 Å². The van der Waals surface area contributed by atoms with Gasteiger partial charge in [-0.3, -0.25) is 4.90 Å². The minimum Gasteiger partial charge on any atom is -0.389 e. The predicted molar refractivity (Wildman–Crippen MR) is 82.1 cm³/mol. The number of hydrogen-bond donors (Lipinski definition) is 1. The SMILES string of the molecule is CCc1ccc2cc(C#N)c(N3CCC[C@@H](O)C3)[nH+]c2c1. The van der Waals surface area contributed by atoms with Crippen molar-refractivity contribution in [3.8, 4) is 6.07 Å². The number of pyridine rings is 1. The standard InChI is InChI=1S/C17H19N3O/c1-2-12-5-6-13-9-14(10-18)17(19-16(13)8-12)20-7-3-4-15(21)11-20/h5-6,8-9,15,21H,2-4,7,11H2,1H3/p+1/t15-/m1/s1. The molecule has 0 radical (unpaired) electrons. The predicted octanol–water partition coefficient (Wildman–Crippen LogP) is 2.05. The van der Waals surface area contributed by atoms with E-state index in [1.165, 1.54) is 5.56 Å². The number of aromatic amines is 1. The first-order valence-corrected chi connectivity index (χ1v) is 7.53. The Morgan fingerprint density at radius 1 is 1.43 bits per heavy atom. The Labute approximate surface area is 124 Å². The van der Waals surface area contributed by atoms with Crippen LogP contribution in [-0.2, 0) is 6.42 Å². The molecule has 0 saturated carbocycles. The van der Waals surface area contributed by atoms with Gasteiger partial charge in [0.2, 0.25) is 0 Å². The van der Waals surface area contributed by atoms with Crippen molar-refractivity contribution in [3.05, 3.63) is 35.4 Å². The lowest BCUT2D eigenvalue weighted by molar-refractivity contribution is -0.331. The van der Waals surface area contributed by atoms with Gasteiger partial charge in [-0.2, -0.15) is 5.26 Å². The molecular formula is C17H20N3O+. The third-order valence-corrected chi connectivity index (χ3v) is 4.17. The van der Waals surface area contributed by atoms with Gasteiger partial charge in [0.1, 0.15) is 23.7 Å². The molecule has 1 aromatic carbocycles. The fourth-order valence-electron chi connectivity index (χ4n) is 2.97. The Hall–Kier alpha value is -2.12. The molecule has 0 amide bonds. The Morgan fingerprint density at radius 2 is 2.29 bits per heavy atom. The number of aliphatic hydroxyl groups is 1. The second kappa shape index (κ2) is 5.71. The summed E-state index contributed by atoms with van der Waals surface area (Å²) >= 11 is 0. The molecule has 1 atom stereocenters. The summed E-state index contributed by atoms with van der Waals surface area (Å²) in [5.74, 6) is 0.831. The number of rotatable bonds is 2. The van der Waals surface area contributed by atoms with Crippen LogP contribution in [0, 0.1) is 11.3 Å². The third-order valence-electron chi connectivity index (χ3n) is 4.17. The lowest BCUT2D eigenvalue weighted by Crippen LogP contribution is -2.41. The molecule has 3 rings (SSSR count). The molecule has 2 aromatic rings. The first kappa shape index (κ1) is 13.8. The minimum absolute atomic E-state index is 0.309. The first-order chi connectivity index (χ1) is 10.2. The fourth-order valence-corrected chi connectivity index (χ4v) is 2.97. The second-order valence-corrected chi connectivity index (χ2v) is 5.66. The number of piperidine rings is 1. The summed E-state index contributed by atoms with van der Waals surface area (Å²) in [5, 5.41) is 20.3. The van der Waals surface area contributed by atoms with Gasteiger partial charge in [0, 0.05) is 5.39 Å². The van der Waals surface area contributed by atoms with Crippen LogP contribution in [0.25, 0.3) is 10.9 Å². The summed E-state index contributed by atoms with van der Waals surface area (Å²) in [6.45, 7) is 3.60. The fraction of sp³-hybridized carbons (Fsp3) is 0.412. The highest BCUT2D eigenvalue weighted by Crippen LogP contribution is 2.23. The van der Waals surface area contributed by atoms with E-state index in [1.807, 2.05) is 6.07 Å². The van der Waals surface area contributed by atoms with E-state index in [-0.39, 0.29) is 6.10 Å². The average molecular weight is 282 g/mol. The van der Waals surface area contributed by atoms with Crippen molar-refractivity contribution in [1.29, 1.82) is 5.26 Å². The molecule has 1 fully saturated rings. The van der Waals surface area contributed by atoms with Gasteiger partial charge in [0.05, 0.1) is 12.6 Å². The van der Waals surface area contributed by atoms with E-state index in [9.17, 15) is 10.4 Å². The van der Waals surface area contributed by atoms with Gasteiger partial charge >= 0.3 is 0 Å². The number of aliphatic hydroxyl groups excluding tert-OH is 1. The van der Waals surface area contributed by atoms with Crippen LogP contribution < -0.4 is 9.88 Å². The molecule has 1 aliphatic rings. The number of β-amino-alcohol motifs (C(OH)–C–C–N with tert-alkyl or cyclic N) is 1. The average Bonchev–Trinajstić information content (AvgIpc) is 2.53. The van der Waals surface area contributed by atoms with Crippen molar-refractivity contribution in [2.45, 2.75) is 32.3 Å². The summed E-state index contributed by atoms with van der Waals surface area (Å²) in [4.78, 5) is 5.49. The van der Waals surface area contributed by atoms with Gasteiger partial charge in [-0.05, 0) is 37.0 Å². The van der Waals surface area contributed by atoms with Crippen molar-refractivity contribution in [3.63, 3.8) is 0 Å². The summed E-state index contributed by atoms with van der Waals surface area (Å²) in [5.41, 5.74) is 2.96. The molecule has 4 heteroatoms. The van der Waals surface area contributed by atoms with Crippen molar-refractivity contribution < 1.29 is 10.1 Å². The molecule has 0 unspecified atom stereocenters. The number of H-pyrrole nitrogens is 1. The van der Waals surface area contributed by atoms with Crippen molar-refractivity contribution >= 4 is 16.7 Å². The molecule has 1 saturated heterocycles. The smallest absolute Gasteiger partial charge is 0.293 e. The number of nitrogens with one attached hydrogen (secondary N) is 1. The number of nitriles is 1. The van der Waals surface area contributed by atoms with Gasteiger partial charge in [-0.15, -0.1) is 0 Å². The van der Waals surface area contributed by atoms with E-state index < -0.39 is 0 Å². The van der Waals surface area contributed by atoms with Gasteiger partial charge in [-0.1, -0.05) is 19.1 Å². The van der Waals surface area contributed by atoms with E-state index >= 15 is 0 Å². The van der Waals surface area contributed by atoms with Crippen LogP contribution in [0.4, 0.5) is 5.82 Å². The van der Waals surface area contributed by atoms with E-state index in [4.69, 9.17) is 0 Å². The lowest BCUT2D eigenvalue weighted by Gasteiger charge is -2.25. The maximum atomic E-state index is 9.86. The number of aryl methyl sites for hydroxylation is 1. The zero-order chi connectivity index (χ0) is 14.8. The van der Waals surface area contributed by atoms with Gasteiger partial charge in [0.15, 0.2) is 0 Å². The van der Waals surface area contributed by atoms with Gasteiger partial charge < -0.3 is 5.11 Å². The van der Waals surface area contributed by atoms with Crippen LogP contribution in [0.1, 0.15) is 30.9 Å². The lowest BCUT2D eigenvalue weighted by atomic mass is 10.1. The van der Waals surface area contributed by atoms with Crippen molar-refractivity contribution in [2.75, 3.05) is 18.0 Å². The van der Waals surface area contributed by atoms with Crippen molar-refractivity contribution in [1.82, 2.24) is 0 Å². The Kier molecular flexibility index (Phi) is 3.76. The van der Waals surface area contributed by atoms with Gasteiger partial charge in [0.25, 0.3) is 5.82 Å². The summed E-state index contributed by atoms with van der Waals surface area (Å²) in [6.07, 6.45) is 2.47. The zero-order valence-corrected chi connectivity index (χ0v) is 12.3. The quantitative estimate of drug-likeness (QED) is 0.917. The molecule has 0 spiro atoms. The molecule has 0 aliphatic carbocycles. The van der Waals surface area contributed by atoms with Crippen LogP contribution in [-0.4, -0.2) is 24.3 Å². The molecule has 2 heterocycles. The number of fused-ring (bicyclic) bond motifs is 1. The van der Waals surface area contributed by atoms with E-state index in [0.717, 1.165) is 42.5 Å². The highest BCUT2D eigenvalue weighted by Gasteiger charge is 2.27. The molecule has 1 aromatic heterocycles. The highest BCUT2D eigenvalue weighted by molar-refractivity contribution is 5.79. The maximum absolute atomic E-state index is 9.86. The van der Waals surface area contributed by atoms with Crippen LogP contribution in [0.2, 0.25) is 0 Å². The summed E-state index contributed by atoms with van der Waals surface area (Å²) < 4.78 is 0. The van der Waals surface area contributed by atoms with Crippen molar-refractivity contribution in [2.24, 2.45) is 0 Å². The monoisotopic (exact) mass is 282 g/mol. The third kappa shape index (κ3) is 2.70. The Balaban J connectivity index is 2.09. The largest absolute Gasteiger partial charge is 0.389 e. The number of nitrogens with zero attached hydrogens (tertiary/aromatic N) is 2. The first-order valence-electron chi connectivity index (χ1n) is 7.53. The normalized spacial score (nSPS) is 18.7. The Morgan fingerprint density at radius 3 is 3.00 bits per heavy atom. The van der Waals surface area contributed by atoms with Crippen LogP contribution in [0.15, 0.2) is 24.3 Å². The highest BCUT2D eigenvalue weighted by atomic mass is 16.3. The molecule has 2 N–H and O–H groups in total. The topological polar surface area (TPSA) is 61.4 Å². The Bertz CT molecular complexity index is 705. The number of benzene rings is 1. The summed E-state index contributed by atoms with van der Waals surface area (Å²) in [6, 6.07) is 10.5. The zero-order valence-electron chi connectivity index (χ0n) is 12.3. The number of aromatic nitrogens is 1. The van der Waals surface area contributed by atoms with E-state index in [2.05, 4.69) is 41.1 Å². The summed E-state index contributed by atoms with van der Waals surface area (Å²) in [7, 11) is 0. The minimum atomic E-state index is -0.309. The maximum Gasteiger partial charge on any atom is 0.293 e. The number of anilines is 1. The molecule has 21 heavy (non-hydrogen) atoms. The van der Waals surface area contributed by atoms with E-state index in [0.29, 0.717) is 12.1 Å². The van der Waals surface area contributed by atoms with Crippen LogP contribution >= 0.6 is 0 Å². The van der Waals surface area contributed by atoms with E-state index in [1.54, 1.807) is 0 Å².